The molecule has 4 amide bonds. The maximum Gasteiger partial charge on any atom is 0.326 e. The van der Waals surface area contributed by atoms with E-state index >= 15 is 0 Å². The Morgan fingerprint density at radius 2 is 0.938 bits per heavy atom. The normalized spacial score (nSPS) is 13.1. The molecule has 1 rings (SSSR count). The van der Waals surface area contributed by atoms with Crippen molar-refractivity contribution in [3.05, 3.63) is 186 Å². The summed E-state index contributed by atoms with van der Waals surface area (Å²) in [6.45, 7) is 5.51. The van der Waals surface area contributed by atoms with Crippen molar-refractivity contribution in [1.29, 1.82) is 0 Å². The summed E-state index contributed by atoms with van der Waals surface area (Å²) in [5.74, 6) is -1.55. The molecule has 14 heteroatoms. The number of hydrogen-bond donors (Lipinski definition) is 5. The third-order valence-corrected chi connectivity index (χ3v) is 12.1. The van der Waals surface area contributed by atoms with E-state index in [0.717, 1.165) is 82.6 Å². The number of aliphatic carboxylic acids is 1. The van der Waals surface area contributed by atoms with Crippen LogP contribution < -0.4 is 26.0 Å². The third-order valence-electron chi connectivity index (χ3n) is 12.1. The molecule has 5 N–H and O–H groups in total. The van der Waals surface area contributed by atoms with Gasteiger partial charge in [0.1, 0.15) is 24.4 Å². The summed E-state index contributed by atoms with van der Waals surface area (Å²) in [7, 11) is 0. The highest BCUT2D eigenvalue weighted by Gasteiger charge is 2.22. The molecule has 0 radical (unpaired) electrons. The number of rotatable bonds is 49. The first kappa shape index (κ1) is 71.6. The van der Waals surface area contributed by atoms with Gasteiger partial charge in [-0.05, 0) is 145 Å². The van der Waals surface area contributed by atoms with Gasteiger partial charge in [0, 0.05) is 43.7 Å². The minimum absolute atomic E-state index is 0.0471. The predicted molar refractivity (Wildman–Crippen MR) is 334 cm³/mol. The first-order valence-corrected chi connectivity index (χ1v) is 29.6. The van der Waals surface area contributed by atoms with Crippen molar-refractivity contribution in [2.24, 2.45) is 5.11 Å². The molecule has 0 aromatic heterocycles. The van der Waals surface area contributed by atoms with Crippen LogP contribution in [-0.2, 0) is 30.4 Å². The molecule has 442 valence electrons. The fourth-order valence-corrected chi connectivity index (χ4v) is 7.61. The molecule has 81 heavy (non-hydrogen) atoms. The van der Waals surface area contributed by atoms with E-state index in [1.165, 1.54) is 0 Å². The van der Waals surface area contributed by atoms with Gasteiger partial charge >= 0.3 is 5.97 Å². The Kier molecular flexibility index (Phi) is 48.2. The number of carbonyl (C=O) groups excluding carboxylic acids is 4. The largest absolute Gasteiger partial charge is 0.492 e. The van der Waals surface area contributed by atoms with Crippen LogP contribution in [0.15, 0.2) is 175 Å². The van der Waals surface area contributed by atoms with Crippen LogP contribution in [0.5, 0.6) is 5.75 Å². The molecule has 0 bridgehead atoms. The van der Waals surface area contributed by atoms with Crippen LogP contribution in [0, 0.1) is 0 Å². The van der Waals surface area contributed by atoms with E-state index in [2.05, 4.69) is 173 Å². The number of amides is 4. The lowest BCUT2D eigenvalue weighted by Crippen LogP contribution is -2.48. The summed E-state index contributed by atoms with van der Waals surface area (Å²) in [5.41, 5.74) is 9.20. The molecular formula is C67H97N7O7. The van der Waals surface area contributed by atoms with Gasteiger partial charge in [-0.15, -0.1) is 0 Å². The van der Waals surface area contributed by atoms with Crippen LogP contribution in [-0.4, -0.2) is 73.0 Å². The van der Waals surface area contributed by atoms with Gasteiger partial charge in [-0.1, -0.05) is 183 Å². The lowest BCUT2D eigenvalue weighted by molar-refractivity contribution is -0.142. The van der Waals surface area contributed by atoms with Gasteiger partial charge in [-0.2, -0.15) is 0 Å². The maximum atomic E-state index is 13.6. The number of azide groups is 1. The molecule has 0 saturated heterocycles. The molecular weight excluding hydrogens is 1010 g/mol. The van der Waals surface area contributed by atoms with Gasteiger partial charge in [0.25, 0.3) is 0 Å². The average Bonchev–Trinajstić information content (AvgIpc) is 3.46. The number of carboxylic acid groups (broad SMARTS) is 1. The van der Waals surface area contributed by atoms with E-state index in [1.807, 2.05) is 30.4 Å². The number of nitrogens with one attached hydrogen (secondary N) is 4. The summed E-state index contributed by atoms with van der Waals surface area (Å²) in [5, 5.41) is 24.5. The van der Waals surface area contributed by atoms with Crippen LogP contribution in [0.1, 0.15) is 167 Å². The lowest BCUT2D eigenvalue weighted by Gasteiger charge is -2.19. The number of unbranched alkanes of at least 4 members (excludes halogenated alkanes) is 3. The first-order chi connectivity index (χ1) is 39.7. The van der Waals surface area contributed by atoms with Crippen LogP contribution in [0.4, 0.5) is 0 Å². The lowest BCUT2D eigenvalue weighted by atomic mass is 10.0. The fraction of sp³-hybridized carbons (Fsp3) is 0.478. The Morgan fingerprint density at radius 3 is 1.40 bits per heavy atom. The van der Waals surface area contributed by atoms with Crippen molar-refractivity contribution >= 4 is 29.6 Å². The van der Waals surface area contributed by atoms with Crippen molar-refractivity contribution in [2.45, 2.75) is 180 Å². The van der Waals surface area contributed by atoms with Crippen LogP contribution >= 0.6 is 0 Å². The quantitative estimate of drug-likeness (QED) is 0.0140. The summed E-state index contributed by atoms with van der Waals surface area (Å²) < 4.78 is 5.88. The number of carbonyl (C=O) groups is 5. The fourth-order valence-electron chi connectivity index (χ4n) is 7.61. The van der Waals surface area contributed by atoms with E-state index in [1.54, 1.807) is 12.1 Å². The highest BCUT2D eigenvalue weighted by atomic mass is 16.5. The second kappa shape index (κ2) is 54.5. The van der Waals surface area contributed by atoms with Crippen LogP contribution in [0.2, 0.25) is 0 Å². The Labute approximate surface area is 485 Å². The average molecular weight is 1110 g/mol. The van der Waals surface area contributed by atoms with E-state index in [0.29, 0.717) is 70.2 Å². The van der Waals surface area contributed by atoms with E-state index < -0.39 is 18.1 Å². The standard InChI is InChI=1S/C67H97N7O7/c1-3-5-7-9-11-13-15-17-19-21-23-25-27-29-31-33-35-37-40-47-63(75)69-56-57-81-60-52-50-59(51-53-60)58-62(66(78)70-54-45-43-46-61(67(79)80)72-64(76)49-42-39-44-55-71-74-68)73-65(77)48-41-38-36-34-32-30-28-26-24-22-20-18-16-14-12-10-8-6-4-2/h5-8,11-14,17-20,23-26,29-32,35-38,50-53,61-62H,3-4,9-10,15-16,21-22,27-28,33-34,39-49,54-58H2,1-2H3,(H,69,75)(H,70,78)(H,72,76)(H,73,77)(H,79,80)/b7-5-,8-6-,13-11-,14-12-,19-17-,20-18-,25-23-,26-24-,31-29-,32-30-,37-35-,38-36-/t61-,62-/m0/s1. The number of allylic oxidation sites excluding steroid dienone is 24. The number of hydrogen-bond acceptors (Lipinski definition) is 7. The van der Waals surface area contributed by atoms with Crippen molar-refractivity contribution in [1.82, 2.24) is 21.3 Å². The molecule has 0 unspecified atom stereocenters. The molecule has 0 heterocycles. The molecule has 0 saturated carbocycles. The molecule has 0 aliphatic rings. The zero-order valence-corrected chi connectivity index (χ0v) is 48.9. The number of nitrogens with zero attached hydrogens (tertiary/aromatic N) is 3. The van der Waals surface area contributed by atoms with Gasteiger partial charge < -0.3 is 31.1 Å². The number of benzene rings is 1. The van der Waals surface area contributed by atoms with Gasteiger partial charge in [0.2, 0.25) is 23.6 Å². The van der Waals surface area contributed by atoms with Crippen molar-refractivity contribution in [3.63, 3.8) is 0 Å². The summed E-state index contributed by atoms with van der Waals surface area (Å²) in [4.78, 5) is 66.2. The molecule has 0 aliphatic heterocycles. The highest BCUT2D eigenvalue weighted by Crippen LogP contribution is 2.15. The van der Waals surface area contributed by atoms with Crippen LogP contribution in [0.3, 0.4) is 0 Å². The maximum absolute atomic E-state index is 13.6. The number of carboxylic acids is 1. The molecule has 0 fully saturated rings. The molecule has 0 aliphatic carbocycles. The molecule has 2 atom stereocenters. The first-order valence-electron chi connectivity index (χ1n) is 29.6. The summed E-state index contributed by atoms with van der Waals surface area (Å²) in [6, 6.07) is 5.35. The second-order valence-corrected chi connectivity index (χ2v) is 19.1. The summed E-state index contributed by atoms with van der Waals surface area (Å²) in [6.07, 6.45) is 67.8. The van der Waals surface area contributed by atoms with Gasteiger partial charge in [-0.3, -0.25) is 19.2 Å². The van der Waals surface area contributed by atoms with Gasteiger partial charge in [-0.25, -0.2) is 4.79 Å². The van der Waals surface area contributed by atoms with Gasteiger partial charge in [0.15, 0.2) is 0 Å². The van der Waals surface area contributed by atoms with E-state index in [4.69, 9.17) is 10.3 Å². The highest BCUT2D eigenvalue weighted by molar-refractivity contribution is 5.88. The predicted octanol–water partition coefficient (Wildman–Crippen LogP) is 14.9. The monoisotopic (exact) mass is 1110 g/mol. The molecule has 14 nitrogen and oxygen atoms in total. The topological polar surface area (TPSA) is 212 Å². The van der Waals surface area contributed by atoms with Crippen molar-refractivity contribution < 1.29 is 33.8 Å². The van der Waals surface area contributed by atoms with E-state index in [9.17, 15) is 29.1 Å². The molecule has 1 aromatic rings. The Morgan fingerprint density at radius 1 is 0.506 bits per heavy atom. The van der Waals surface area contributed by atoms with Gasteiger partial charge in [0.05, 0.1) is 6.54 Å². The Balaban J connectivity index is 2.61. The zero-order chi connectivity index (χ0) is 58.7. The van der Waals surface area contributed by atoms with E-state index in [-0.39, 0.29) is 62.5 Å². The zero-order valence-electron chi connectivity index (χ0n) is 48.9. The van der Waals surface area contributed by atoms with Crippen LogP contribution in [0.25, 0.3) is 10.4 Å². The summed E-state index contributed by atoms with van der Waals surface area (Å²) >= 11 is 0. The Hall–Kier alpha value is -7.44. The third kappa shape index (κ3) is 47.1. The SMILES string of the molecule is CC/C=C\C/C=C\C/C=C\C/C=C\C/C=C\C/C=C\CCC(=O)NCCOc1ccc(C[C@H](NC(=O)CC/C=C\C/C=C\C/C=C\C/C=C\C/C=C\C/C=C\CC)C(=O)NCCCC[C@H](NC(=O)CCCCCN=[N+]=[N-])C(=O)O)cc1. The second-order valence-electron chi connectivity index (χ2n) is 19.1. The van der Waals surface area contributed by atoms with Crippen molar-refractivity contribution in [3.8, 4) is 5.75 Å². The smallest absolute Gasteiger partial charge is 0.326 e. The minimum atomic E-state index is -1.13. The molecule has 0 spiro atoms. The van der Waals surface area contributed by atoms with Crippen molar-refractivity contribution in [2.75, 3.05) is 26.2 Å². The Bertz CT molecular complexity index is 2280. The minimum Gasteiger partial charge on any atom is -0.492 e. The number of ether oxygens (including phenoxy) is 1. The molecule has 1 aromatic carbocycles.